The molecular weight excluding hydrogens is 450 g/mol. The van der Waals surface area contributed by atoms with Gasteiger partial charge in [0.05, 0.1) is 11.0 Å². The molecule has 0 atom stereocenters. The molecule has 8 aromatic rings. The molecule has 0 saturated carbocycles. The molecular formula is C34H27N3. The lowest BCUT2D eigenvalue weighted by atomic mass is 10.0. The minimum absolute atomic E-state index is 0.917. The average Bonchev–Trinajstić information content (AvgIpc) is 3.50. The molecule has 0 bridgehead atoms. The van der Waals surface area contributed by atoms with Crippen LogP contribution in [0.15, 0.2) is 97.1 Å². The number of hydrogen-bond acceptors (Lipinski definition) is 0. The minimum atomic E-state index is 0.917. The molecule has 0 amide bonds. The Balaban J connectivity index is 1.31. The van der Waals surface area contributed by atoms with Crippen molar-refractivity contribution >= 4 is 65.4 Å². The zero-order valence-electron chi connectivity index (χ0n) is 21.3. The van der Waals surface area contributed by atoms with E-state index in [1.54, 1.807) is 0 Å². The van der Waals surface area contributed by atoms with Gasteiger partial charge in [0.1, 0.15) is 0 Å². The number of rotatable bonds is 2. The van der Waals surface area contributed by atoms with Crippen molar-refractivity contribution in [1.82, 2.24) is 13.7 Å². The summed E-state index contributed by atoms with van der Waals surface area (Å²) in [7, 11) is 6.55. The van der Waals surface area contributed by atoms with E-state index >= 15 is 0 Å². The Bertz CT molecular complexity index is 2200. The van der Waals surface area contributed by atoms with Gasteiger partial charge < -0.3 is 13.7 Å². The van der Waals surface area contributed by atoms with Gasteiger partial charge >= 0.3 is 0 Å². The zero-order chi connectivity index (χ0) is 24.8. The van der Waals surface area contributed by atoms with Crippen LogP contribution in [-0.4, -0.2) is 13.7 Å². The van der Waals surface area contributed by atoms with Crippen molar-refractivity contribution in [2.24, 2.45) is 21.1 Å². The van der Waals surface area contributed by atoms with Crippen LogP contribution in [0.3, 0.4) is 0 Å². The summed E-state index contributed by atoms with van der Waals surface area (Å²) >= 11 is 0. The Kier molecular flexibility index (Phi) is 4.06. The van der Waals surface area contributed by atoms with Crippen LogP contribution >= 0.6 is 0 Å². The van der Waals surface area contributed by atoms with Gasteiger partial charge in [-0.05, 0) is 53.9 Å². The van der Waals surface area contributed by atoms with Crippen molar-refractivity contribution in [3.8, 4) is 0 Å². The number of aromatic nitrogens is 3. The number of benzene rings is 5. The van der Waals surface area contributed by atoms with E-state index in [0.717, 1.165) is 6.42 Å². The Labute approximate surface area is 214 Å². The van der Waals surface area contributed by atoms with Gasteiger partial charge in [0.25, 0.3) is 0 Å². The topological polar surface area (TPSA) is 14.8 Å². The molecule has 0 N–H and O–H groups in total. The molecule has 37 heavy (non-hydrogen) atoms. The molecule has 0 unspecified atom stereocenters. The SMILES string of the molecule is Cn1c2ccccc2c2cc(Cc3ccc4c5ccc6c(c7ccccc7n6C)c5n(C)c4c3)ccc21. The van der Waals surface area contributed by atoms with Crippen molar-refractivity contribution in [3.05, 3.63) is 108 Å². The fourth-order valence-corrected chi connectivity index (χ4v) is 6.67. The molecule has 0 aliphatic heterocycles. The second-order valence-corrected chi connectivity index (χ2v) is 10.4. The molecule has 0 radical (unpaired) electrons. The molecule has 0 spiro atoms. The predicted octanol–water partition coefficient (Wildman–Crippen LogP) is 8.21. The highest BCUT2D eigenvalue weighted by molar-refractivity contribution is 6.25. The highest BCUT2D eigenvalue weighted by Gasteiger charge is 2.17. The first-order valence-corrected chi connectivity index (χ1v) is 12.9. The summed E-state index contributed by atoms with van der Waals surface area (Å²) in [4.78, 5) is 0. The van der Waals surface area contributed by atoms with E-state index in [1.165, 1.54) is 76.5 Å². The summed E-state index contributed by atoms with van der Waals surface area (Å²) in [6.07, 6.45) is 0.917. The van der Waals surface area contributed by atoms with Gasteiger partial charge in [-0.1, -0.05) is 60.7 Å². The lowest BCUT2D eigenvalue weighted by molar-refractivity contribution is 1.01. The van der Waals surface area contributed by atoms with Crippen LogP contribution in [0.2, 0.25) is 0 Å². The van der Waals surface area contributed by atoms with Crippen LogP contribution in [0.1, 0.15) is 11.1 Å². The monoisotopic (exact) mass is 477 g/mol. The highest BCUT2D eigenvalue weighted by Crippen LogP contribution is 2.39. The largest absolute Gasteiger partial charge is 0.344 e. The van der Waals surface area contributed by atoms with E-state index in [0.29, 0.717) is 0 Å². The molecule has 0 fully saturated rings. The van der Waals surface area contributed by atoms with E-state index in [4.69, 9.17) is 0 Å². The molecule has 0 aliphatic rings. The second kappa shape index (κ2) is 7.27. The molecule has 3 heterocycles. The maximum Gasteiger partial charge on any atom is 0.0590 e. The Hall–Kier alpha value is -4.50. The summed E-state index contributed by atoms with van der Waals surface area (Å²) in [5.41, 5.74) is 10.4. The van der Waals surface area contributed by atoms with E-state index in [9.17, 15) is 0 Å². The highest BCUT2D eigenvalue weighted by atomic mass is 15.0. The lowest BCUT2D eigenvalue weighted by Gasteiger charge is -2.06. The van der Waals surface area contributed by atoms with E-state index in [-0.39, 0.29) is 0 Å². The molecule has 3 aromatic heterocycles. The summed E-state index contributed by atoms with van der Waals surface area (Å²) < 4.78 is 7.01. The number of para-hydroxylation sites is 2. The normalized spacial score (nSPS) is 12.3. The first kappa shape index (κ1) is 20.7. The third-order valence-corrected chi connectivity index (χ3v) is 8.49. The first-order valence-electron chi connectivity index (χ1n) is 12.9. The Morgan fingerprint density at radius 3 is 1.84 bits per heavy atom. The van der Waals surface area contributed by atoms with Gasteiger partial charge in [0, 0.05) is 75.5 Å². The van der Waals surface area contributed by atoms with Gasteiger partial charge in [-0.3, -0.25) is 0 Å². The maximum atomic E-state index is 2.40. The van der Waals surface area contributed by atoms with Crippen LogP contribution in [0.4, 0.5) is 0 Å². The Morgan fingerprint density at radius 1 is 0.432 bits per heavy atom. The average molecular weight is 478 g/mol. The minimum Gasteiger partial charge on any atom is -0.344 e. The Morgan fingerprint density at radius 2 is 1.00 bits per heavy atom. The van der Waals surface area contributed by atoms with Crippen molar-refractivity contribution in [3.63, 3.8) is 0 Å². The number of fused-ring (bicyclic) bond motifs is 10. The molecule has 3 heteroatoms. The van der Waals surface area contributed by atoms with Gasteiger partial charge in [0.15, 0.2) is 0 Å². The van der Waals surface area contributed by atoms with Crippen LogP contribution in [0, 0.1) is 0 Å². The first-order chi connectivity index (χ1) is 18.1. The molecule has 3 nitrogen and oxygen atoms in total. The van der Waals surface area contributed by atoms with E-state index in [2.05, 4.69) is 132 Å². The van der Waals surface area contributed by atoms with E-state index < -0.39 is 0 Å². The van der Waals surface area contributed by atoms with Gasteiger partial charge in [-0.15, -0.1) is 0 Å². The van der Waals surface area contributed by atoms with Crippen molar-refractivity contribution < 1.29 is 0 Å². The molecule has 0 saturated heterocycles. The van der Waals surface area contributed by atoms with Crippen LogP contribution < -0.4 is 0 Å². The van der Waals surface area contributed by atoms with Crippen molar-refractivity contribution in [2.45, 2.75) is 6.42 Å². The van der Waals surface area contributed by atoms with Crippen molar-refractivity contribution in [2.75, 3.05) is 0 Å². The van der Waals surface area contributed by atoms with Crippen LogP contribution in [-0.2, 0) is 27.6 Å². The standard InChI is InChI=1S/C34H27N3/c1-35-28-10-6-4-8-23(28)27-19-21(13-16-30(27)35)18-22-12-14-24-25-15-17-31-33(34(25)37(3)32(24)20-22)26-9-5-7-11-29(26)36(31)2/h4-17,19-20H,18H2,1-3H3. The number of aryl methyl sites for hydroxylation is 3. The molecule has 178 valence electrons. The molecule has 5 aromatic carbocycles. The maximum absolute atomic E-state index is 2.40. The molecule has 0 aliphatic carbocycles. The number of nitrogens with zero attached hydrogens (tertiary/aromatic N) is 3. The van der Waals surface area contributed by atoms with Crippen LogP contribution in [0.25, 0.3) is 65.4 Å². The summed E-state index contributed by atoms with van der Waals surface area (Å²) in [6.45, 7) is 0. The summed E-state index contributed by atoms with van der Waals surface area (Å²) in [6, 6.07) is 36.0. The van der Waals surface area contributed by atoms with E-state index in [1.807, 2.05) is 0 Å². The van der Waals surface area contributed by atoms with Crippen LogP contribution in [0.5, 0.6) is 0 Å². The second-order valence-electron chi connectivity index (χ2n) is 10.4. The zero-order valence-corrected chi connectivity index (χ0v) is 21.3. The fourth-order valence-electron chi connectivity index (χ4n) is 6.67. The van der Waals surface area contributed by atoms with Gasteiger partial charge in [0.2, 0.25) is 0 Å². The van der Waals surface area contributed by atoms with Gasteiger partial charge in [-0.2, -0.15) is 0 Å². The lowest BCUT2D eigenvalue weighted by Crippen LogP contribution is -1.92. The third-order valence-electron chi connectivity index (χ3n) is 8.49. The fraction of sp³-hybridized carbons (Fsp3) is 0.118. The summed E-state index contributed by atoms with van der Waals surface area (Å²) in [5.74, 6) is 0. The smallest absolute Gasteiger partial charge is 0.0590 e. The number of hydrogen-bond donors (Lipinski definition) is 0. The van der Waals surface area contributed by atoms with Crippen molar-refractivity contribution in [1.29, 1.82) is 0 Å². The van der Waals surface area contributed by atoms with Gasteiger partial charge in [-0.25, -0.2) is 0 Å². The summed E-state index contributed by atoms with van der Waals surface area (Å²) in [5, 5.41) is 7.97. The molecule has 8 rings (SSSR count). The quantitative estimate of drug-likeness (QED) is 0.238. The third kappa shape index (κ3) is 2.71. The predicted molar refractivity (Wildman–Crippen MR) is 158 cm³/mol.